The Morgan fingerprint density at radius 3 is 2.45 bits per heavy atom. The first-order valence-corrected chi connectivity index (χ1v) is 11.1. The Kier molecular flexibility index (Phi) is 7.78. The summed E-state index contributed by atoms with van der Waals surface area (Å²) in [5.41, 5.74) is 5.42. The molecule has 0 unspecified atom stereocenters. The molecule has 0 fully saturated rings. The molecule has 0 radical (unpaired) electrons. The zero-order chi connectivity index (χ0) is 21.4. The quantitative estimate of drug-likeness (QED) is 0.502. The van der Waals surface area contributed by atoms with Crippen molar-refractivity contribution < 1.29 is 17.9 Å². The third-order valence-electron chi connectivity index (χ3n) is 4.06. The van der Waals surface area contributed by atoms with Gasteiger partial charge in [0.15, 0.2) is 0 Å². The van der Waals surface area contributed by atoms with E-state index in [4.69, 9.17) is 4.74 Å². The van der Waals surface area contributed by atoms with Crippen LogP contribution in [0.15, 0.2) is 47.6 Å². The Morgan fingerprint density at radius 1 is 1.17 bits per heavy atom. The number of aryl methyl sites for hydroxylation is 2. The van der Waals surface area contributed by atoms with Gasteiger partial charge in [-0.3, -0.25) is 9.10 Å². The summed E-state index contributed by atoms with van der Waals surface area (Å²) in [5.74, 6) is 0.236. The van der Waals surface area contributed by atoms with Crippen molar-refractivity contribution in [3.63, 3.8) is 0 Å². The maximum Gasteiger partial charge on any atom is 0.260 e. The number of nitrogens with zero attached hydrogens (tertiary/aromatic N) is 2. The summed E-state index contributed by atoms with van der Waals surface area (Å²) in [6.45, 7) is 6.06. The zero-order valence-corrected chi connectivity index (χ0v) is 18.0. The lowest BCUT2D eigenvalue weighted by Gasteiger charge is -2.23. The van der Waals surface area contributed by atoms with Gasteiger partial charge >= 0.3 is 0 Å². The minimum atomic E-state index is -3.63. The van der Waals surface area contributed by atoms with Crippen LogP contribution in [0.5, 0.6) is 5.75 Å². The van der Waals surface area contributed by atoms with Crippen LogP contribution in [-0.2, 0) is 14.8 Å². The van der Waals surface area contributed by atoms with Crippen molar-refractivity contribution in [2.75, 3.05) is 23.7 Å². The number of amides is 1. The predicted octanol–water partition coefficient (Wildman–Crippen LogP) is 3.01. The number of rotatable bonds is 9. The second-order valence-electron chi connectivity index (χ2n) is 6.77. The third-order valence-corrected chi connectivity index (χ3v) is 5.19. The van der Waals surface area contributed by atoms with Gasteiger partial charge in [0.1, 0.15) is 12.3 Å². The fraction of sp³-hybridized carbons (Fsp3) is 0.333. The Bertz CT molecular complexity index is 970. The van der Waals surface area contributed by atoms with Crippen LogP contribution in [-0.4, -0.2) is 39.9 Å². The van der Waals surface area contributed by atoms with Crippen molar-refractivity contribution >= 4 is 27.8 Å². The molecule has 0 spiro atoms. The molecule has 2 aromatic rings. The average molecular weight is 418 g/mol. The van der Waals surface area contributed by atoms with Gasteiger partial charge < -0.3 is 4.74 Å². The average Bonchev–Trinajstić information content (AvgIpc) is 2.65. The molecule has 29 heavy (non-hydrogen) atoms. The monoisotopic (exact) mass is 417 g/mol. The summed E-state index contributed by atoms with van der Waals surface area (Å²) < 4.78 is 31.0. The van der Waals surface area contributed by atoms with E-state index in [-0.39, 0.29) is 6.54 Å². The van der Waals surface area contributed by atoms with Crippen LogP contribution in [0.3, 0.4) is 0 Å². The van der Waals surface area contributed by atoms with Crippen LogP contribution in [0.1, 0.15) is 30.0 Å². The van der Waals surface area contributed by atoms with E-state index in [1.54, 1.807) is 6.07 Å². The summed E-state index contributed by atoms with van der Waals surface area (Å²) in [7, 11) is -3.63. The van der Waals surface area contributed by atoms with Gasteiger partial charge in [0.05, 0.1) is 24.8 Å². The molecular weight excluding hydrogens is 390 g/mol. The molecule has 0 saturated carbocycles. The van der Waals surface area contributed by atoms with Gasteiger partial charge in [-0.25, -0.2) is 13.8 Å². The number of ether oxygens (including phenoxy) is 1. The van der Waals surface area contributed by atoms with Gasteiger partial charge in [0.2, 0.25) is 10.0 Å². The van der Waals surface area contributed by atoms with E-state index in [2.05, 4.69) is 10.5 Å². The highest BCUT2D eigenvalue weighted by molar-refractivity contribution is 7.92. The first-order chi connectivity index (χ1) is 13.7. The largest absolute Gasteiger partial charge is 0.494 e. The second kappa shape index (κ2) is 10.1. The molecule has 2 rings (SSSR count). The number of benzene rings is 2. The van der Waals surface area contributed by atoms with Crippen LogP contribution in [0, 0.1) is 13.8 Å². The number of sulfonamides is 1. The summed E-state index contributed by atoms with van der Waals surface area (Å²) in [5, 5.41) is 3.91. The van der Waals surface area contributed by atoms with Crippen molar-refractivity contribution in [2.24, 2.45) is 5.10 Å². The van der Waals surface area contributed by atoms with E-state index in [0.29, 0.717) is 12.3 Å². The standard InChI is InChI=1S/C21H27N3O4S/c1-5-12-28-19-9-7-18(8-10-19)14-22-23-21(25)15-24(29(4,26)27)20-11-6-16(2)13-17(20)3/h6-11,13-14H,5,12,15H2,1-4H3,(H,23,25)/b22-14-. The van der Waals surface area contributed by atoms with Crippen LogP contribution in [0.2, 0.25) is 0 Å². The number of nitrogens with one attached hydrogen (secondary N) is 1. The predicted molar refractivity (Wildman–Crippen MR) is 116 cm³/mol. The highest BCUT2D eigenvalue weighted by Crippen LogP contribution is 2.23. The third kappa shape index (κ3) is 6.90. The van der Waals surface area contributed by atoms with Gasteiger partial charge in [-0.15, -0.1) is 0 Å². The van der Waals surface area contributed by atoms with Crippen molar-refractivity contribution in [1.29, 1.82) is 0 Å². The summed E-state index contributed by atoms with van der Waals surface area (Å²) in [6.07, 6.45) is 3.50. The van der Waals surface area contributed by atoms with E-state index >= 15 is 0 Å². The number of hydrogen-bond acceptors (Lipinski definition) is 5. The molecule has 8 heteroatoms. The molecule has 7 nitrogen and oxygen atoms in total. The maximum atomic E-state index is 12.3. The van der Waals surface area contributed by atoms with E-state index in [1.165, 1.54) is 6.21 Å². The molecule has 0 aliphatic carbocycles. The molecule has 1 amide bonds. The molecule has 0 aromatic heterocycles. The molecule has 0 bridgehead atoms. The van der Waals surface area contributed by atoms with Crippen molar-refractivity contribution in [1.82, 2.24) is 5.43 Å². The lowest BCUT2D eigenvalue weighted by atomic mass is 10.1. The number of carbonyl (C=O) groups excluding carboxylic acids is 1. The molecular formula is C21H27N3O4S. The molecule has 0 atom stereocenters. The van der Waals surface area contributed by atoms with Gasteiger partial charge in [-0.05, 0) is 61.7 Å². The minimum Gasteiger partial charge on any atom is -0.494 e. The fourth-order valence-electron chi connectivity index (χ4n) is 2.68. The number of hydrazone groups is 1. The smallest absolute Gasteiger partial charge is 0.260 e. The van der Waals surface area contributed by atoms with Gasteiger partial charge in [0.25, 0.3) is 5.91 Å². The Labute approximate surface area is 172 Å². The highest BCUT2D eigenvalue weighted by atomic mass is 32.2. The lowest BCUT2D eigenvalue weighted by Crippen LogP contribution is -2.39. The molecule has 156 valence electrons. The normalized spacial score (nSPS) is 11.4. The van der Waals surface area contributed by atoms with Gasteiger partial charge in [0, 0.05) is 0 Å². The van der Waals surface area contributed by atoms with Gasteiger partial charge in [-0.2, -0.15) is 5.10 Å². The van der Waals surface area contributed by atoms with E-state index in [0.717, 1.165) is 39.4 Å². The van der Waals surface area contributed by atoms with Crippen LogP contribution in [0.25, 0.3) is 0 Å². The summed E-state index contributed by atoms with van der Waals surface area (Å²) >= 11 is 0. The molecule has 2 aromatic carbocycles. The lowest BCUT2D eigenvalue weighted by molar-refractivity contribution is -0.119. The van der Waals surface area contributed by atoms with Crippen LogP contribution in [0.4, 0.5) is 5.69 Å². The molecule has 0 aliphatic heterocycles. The first-order valence-electron chi connectivity index (χ1n) is 9.30. The SMILES string of the molecule is CCCOc1ccc(/C=N\NC(=O)CN(c2ccc(C)cc2C)S(C)(=O)=O)cc1. The van der Waals surface area contributed by atoms with Crippen molar-refractivity contribution in [2.45, 2.75) is 27.2 Å². The van der Waals surface area contributed by atoms with E-state index in [1.807, 2.05) is 57.2 Å². The van der Waals surface area contributed by atoms with Crippen LogP contribution < -0.4 is 14.5 Å². The molecule has 0 aliphatic rings. The first kappa shape index (κ1) is 22.4. The van der Waals surface area contributed by atoms with Crippen molar-refractivity contribution in [3.05, 3.63) is 59.2 Å². The molecule has 0 heterocycles. The Morgan fingerprint density at radius 2 is 1.86 bits per heavy atom. The van der Waals surface area contributed by atoms with E-state index in [9.17, 15) is 13.2 Å². The topological polar surface area (TPSA) is 88.1 Å². The number of carbonyl (C=O) groups is 1. The second-order valence-corrected chi connectivity index (χ2v) is 8.68. The van der Waals surface area contributed by atoms with Gasteiger partial charge in [-0.1, -0.05) is 24.6 Å². The Balaban J connectivity index is 2.02. The Hall–Kier alpha value is -2.87. The summed E-state index contributed by atoms with van der Waals surface area (Å²) in [6, 6.07) is 12.7. The summed E-state index contributed by atoms with van der Waals surface area (Å²) in [4.78, 5) is 12.3. The minimum absolute atomic E-state index is 0.357. The fourth-order valence-corrected chi connectivity index (χ4v) is 3.59. The number of anilines is 1. The van der Waals surface area contributed by atoms with Crippen molar-refractivity contribution in [3.8, 4) is 5.75 Å². The molecule has 0 saturated heterocycles. The molecule has 1 N–H and O–H groups in total. The zero-order valence-electron chi connectivity index (χ0n) is 17.2. The maximum absolute atomic E-state index is 12.3. The van der Waals surface area contributed by atoms with Crippen LogP contribution >= 0.6 is 0 Å². The highest BCUT2D eigenvalue weighted by Gasteiger charge is 2.22. The number of hydrogen-bond donors (Lipinski definition) is 1. The van der Waals surface area contributed by atoms with E-state index < -0.39 is 15.9 Å².